The second-order valence-electron chi connectivity index (χ2n) is 5.31. The molecule has 5 nitrogen and oxygen atoms in total. The van der Waals surface area contributed by atoms with Gasteiger partial charge in [-0.05, 0) is 26.2 Å². The van der Waals surface area contributed by atoms with Crippen LogP contribution >= 0.6 is 0 Å². The molecule has 0 radical (unpaired) electrons. The second-order valence-corrected chi connectivity index (χ2v) is 5.31. The highest BCUT2D eigenvalue weighted by atomic mass is 16.4. The maximum Gasteiger partial charge on any atom is 0.320 e. The normalized spacial score (nSPS) is 23.2. The summed E-state index contributed by atoms with van der Waals surface area (Å²) in [5, 5.41) is 9.17. The van der Waals surface area contributed by atoms with Crippen molar-refractivity contribution in [1.82, 2.24) is 9.80 Å². The topological polar surface area (TPSA) is 60.9 Å². The fraction of sp³-hybridized carbons (Fsp3) is 0.846. The third kappa shape index (κ3) is 3.15. The van der Waals surface area contributed by atoms with E-state index in [0.29, 0.717) is 19.5 Å². The summed E-state index contributed by atoms with van der Waals surface area (Å²) in [5.41, 5.74) is -0.778. The number of carbonyl (C=O) groups is 2. The maximum atomic E-state index is 12.3. The number of hydrogen-bond donors (Lipinski definition) is 1. The molecular weight excluding hydrogens is 232 g/mol. The zero-order valence-electron chi connectivity index (χ0n) is 11.6. The van der Waals surface area contributed by atoms with Gasteiger partial charge < -0.3 is 14.9 Å². The molecule has 1 aliphatic rings. The Bertz CT molecular complexity index is 313. The molecule has 1 atom stereocenters. The molecule has 0 spiro atoms. The first-order valence-corrected chi connectivity index (χ1v) is 6.72. The molecule has 18 heavy (non-hydrogen) atoms. The zero-order valence-corrected chi connectivity index (χ0v) is 11.6. The second kappa shape index (κ2) is 6.07. The van der Waals surface area contributed by atoms with Crippen LogP contribution in [0.4, 0.5) is 4.79 Å². The third-order valence-corrected chi connectivity index (χ3v) is 3.52. The monoisotopic (exact) mass is 256 g/mol. The summed E-state index contributed by atoms with van der Waals surface area (Å²) in [6.45, 7) is 8.16. The number of amides is 2. The van der Waals surface area contributed by atoms with Crippen LogP contribution in [-0.4, -0.2) is 53.1 Å². The first-order chi connectivity index (χ1) is 8.44. The minimum atomic E-state index is -0.810. The lowest BCUT2D eigenvalue weighted by Gasteiger charge is -2.28. The number of urea groups is 1. The van der Waals surface area contributed by atoms with Crippen molar-refractivity contribution >= 4 is 12.0 Å². The molecule has 1 N–H and O–H groups in total. The quantitative estimate of drug-likeness (QED) is 0.818. The van der Waals surface area contributed by atoms with E-state index in [9.17, 15) is 9.59 Å². The molecule has 1 aliphatic heterocycles. The summed E-state index contributed by atoms with van der Waals surface area (Å²) in [6.07, 6.45) is 2.39. The highest BCUT2D eigenvalue weighted by molar-refractivity contribution is 5.79. The first kappa shape index (κ1) is 14.8. The van der Waals surface area contributed by atoms with Crippen molar-refractivity contribution in [3.8, 4) is 0 Å². The highest BCUT2D eigenvalue weighted by Crippen LogP contribution is 2.30. The number of nitrogens with zero attached hydrogens (tertiary/aromatic N) is 2. The predicted octanol–water partition coefficient (Wildman–Crippen LogP) is 2.03. The molecule has 1 saturated heterocycles. The van der Waals surface area contributed by atoms with E-state index in [1.54, 1.807) is 11.8 Å². The summed E-state index contributed by atoms with van der Waals surface area (Å²) >= 11 is 0. The minimum Gasteiger partial charge on any atom is -0.481 e. The van der Waals surface area contributed by atoms with Gasteiger partial charge in [-0.15, -0.1) is 0 Å². The Labute approximate surface area is 109 Å². The van der Waals surface area contributed by atoms with E-state index in [1.165, 1.54) is 0 Å². The molecular formula is C13H24N2O3. The van der Waals surface area contributed by atoms with Crippen LogP contribution < -0.4 is 0 Å². The number of aliphatic carboxylic acids is 1. The van der Waals surface area contributed by atoms with Gasteiger partial charge in [0.05, 0.1) is 5.41 Å². The van der Waals surface area contributed by atoms with Crippen molar-refractivity contribution in [3.05, 3.63) is 0 Å². The molecule has 0 bridgehead atoms. The van der Waals surface area contributed by atoms with Gasteiger partial charge >= 0.3 is 12.0 Å². The number of carboxylic acids is 1. The van der Waals surface area contributed by atoms with Crippen LogP contribution in [-0.2, 0) is 4.79 Å². The molecule has 1 unspecified atom stereocenters. The number of hydrogen-bond acceptors (Lipinski definition) is 2. The first-order valence-electron chi connectivity index (χ1n) is 6.72. The largest absolute Gasteiger partial charge is 0.481 e. The molecule has 1 rings (SSSR count). The van der Waals surface area contributed by atoms with Gasteiger partial charge in [0.25, 0.3) is 0 Å². The fourth-order valence-corrected chi connectivity index (χ4v) is 2.34. The van der Waals surface area contributed by atoms with Crippen LogP contribution in [0.1, 0.15) is 40.0 Å². The van der Waals surface area contributed by atoms with Crippen LogP contribution in [0.25, 0.3) is 0 Å². The van der Waals surface area contributed by atoms with Gasteiger partial charge in [0.1, 0.15) is 0 Å². The lowest BCUT2D eigenvalue weighted by atomic mass is 9.90. The molecule has 0 aromatic carbocycles. The van der Waals surface area contributed by atoms with E-state index in [4.69, 9.17) is 5.11 Å². The fourth-order valence-electron chi connectivity index (χ4n) is 2.34. The Morgan fingerprint density at radius 1 is 1.28 bits per heavy atom. The van der Waals surface area contributed by atoms with Gasteiger partial charge in [0.2, 0.25) is 0 Å². The Morgan fingerprint density at radius 2 is 1.83 bits per heavy atom. The van der Waals surface area contributed by atoms with Gasteiger partial charge in [-0.1, -0.05) is 13.8 Å². The van der Waals surface area contributed by atoms with E-state index in [0.717, 1.165) is 25.9 Å². The number of carbonyl (C=O) groups excluding carboxylic acids is 1. The van der Waals surface area contributed by atoms with Crippen LogP contribution in [0.2, 0.25) is 0 Å². The van der Waals surface area contributed by atoms with Crippen LogP contribution in [0.15, 0.2) is 0 Å². The Balaban J connectivity index is 2.65. The molecule has 5 heteroatoms. The van der Waals surface area contributed by atoms with Gasteiger partial charge in [-0.25, -0.2) is 4.79 Å². The van der Waals surface area contributed by atoms with Crippen molar-refractivity contribution in [3.63, 3.8) is 0 Å². The number of carboxylic acid groups (broad SMARTS) is 1. The van der Waals surface area contributed by atoms with E-state index in [2.05, 4.69) is 0 Å². The Kier molecular flexibility index (Phi) is 4.99. The molecule has 0 saturated carbocycles. The average molecular weight is 256 g/mol. The standard InChI is InChI=1S/C13H24N2O3/c1-4-7-14(8-5-2)12(18)15-9-6-13(3,10-15)11(16)17/h4-10H2,1-3H3,(H,16,17). The summed E-state index contributed by atoms with van der Waals surface area (Å²) < 4.78 is 0. The molecule has 0 aliphatic carbocycles. The van der Waals surface area contributed by atoms with Gasteiger partial charge in [-0.2, -0.15) is 0 Å². The van der Waals surface area contributed by atoms with E-state index >= 15 is 0 Å². The Hall–Kier alpha value is -1.26. The van der Waals surface area contributed by atoms with Crippen molar-refractivity contribution in [2.24, 2.45) is 5.41 Å². The highest BCUT2D eigenvalue weighted by Gasteiger charge is 2.42. The van der Waals surface area contributed by atoms with Crippen molar-refractivity contribution in [2.45, 2.75) is 40.0 Å². The number of rotatable bonds is 5. The smallest absolute Gasteiger partial charge is 0.320 e. The lowest BCUT2D eigenvalue weighted by Crippen LogP contribution is -2.44. The minimum absolute atomic E-state index is 0.0105. The van der Waals surface area contributed by atoms with Gasteiger partial charge in [0, 0.05) is 26.2 Å². The molecule has 0 aromatic rings. The maximum absolute atomic E-state index is 12.3. The molecule has 0 aromatic heterocycles. The van der Waals surface area contributed by atoms with Crippen LogP contribution in [0.5, 0.6) is 0 Å². The van der Waals surface area contributed by atoms with E-state index in [-0.39, 0.29) is 6.03 Å². The molecule has 1 fully saturated rings. The summed E-state index contributed by atoms with van der Waals surface area (Å²) in [6, 6.07) is -0.0105. The average Bonchev–Trinajstić information content (AvgIpc) is 2.72. The summed E-state index contributed by atoms with van der Waals surface area (Å²) in [4.78, 5) is 27.0. The predicted molar refractivity (Wildman–Crippen MR) is 69.5 cm³/mol. The van der Waals surface area contributed by atoms with E-state index in [1.807, 2.05) is 18.7 Å². The molecule has 1 heterocycles. The molecule has 104 valence electrons. The van der Waals surface area contributed by atoms with Gasteiger partial charge in [0.15, 0.2) is 0 Å². The summed E-state index contributed by atoms with van der Waals surface area (Å²) in [7, 11) is 0. The zero-order chi connectivity index (χ0) is 13.8. The van der Waals surface area contributed by atoms with Gasteiger partial charge in [-0.3, -0.25) is 4.79 Å². The van der Waals surface area contributed by atoms with E-state index < -0.39 is 11.4 Å². The lowest BCUT2D eigenvalue weighted by molar-refractivity contribution is -0.147. The number of likely N-dealkylation sites (tertiary alicyclic amines) is 1. The third-order valence-electron chi connectivity index (χ3n) is 3.52. The molecule has 2 amide bonds. The van der Waals surface area contributed by atoms with Crippen molar-refractivity contribution < 1.29 is 14.7 Å². The Morgan fingerprint density at radius 3 is 2.22 bits per heavy atom. The van der Waals surface area contributed by atoms with Crippen molar-refractivity contribution in [1.29, 1.82) is 0 Å². The SMILES string of the molecule is CCCN(CCC)C(=O)N1CCC(C)(C(=O)O)C1. The van der Waals surface area contributed by atoms with Crippen molar-refractivity contribution in [2.75, 3.05) is 26.2 Å². The van der Waals surface area contributed by atoms with Crippen LogP contribution in [0.3, 0.4) is 0 Å². The van der Waals surface area contributed by atoms with Crippen LogP contribution in [0, 0.1) is 5.41 Å². The summed E-state index contributed by atoms with van der Waals surface area (Å²) in [5.74, 6) is -0.810.